The van der Waals surface area contributed by atoms with Gasteiger partial charge in [0, 0.05) is 12.6 Å². The molecule has 0 aliphatic carbocycles. The minimum absolute atomic E-state index is 0.113. The van der Waals surface area contributed by atoms with Crippen molar-refractivity contribution in [2.45, 2.75) is 51.4 Å². The Kier molecular flexibility index (Phi) is 5.87. The van der Waals surface area contributed by atoms with E-state index in [-0.39, 0.29) is 12.1 Å². The molecule has 1 N–H and O–H groups in total. The summed E-state index contributed by atoms with van der Waals surface area (Å²) in [6, 6.07) is 9.79. The van der Waals surface area contributed by atoms with E-state index >= 15 is 0 Å². The summed E-state index contributed by atoms with van der Waals surface area (Å²) in [6.45, 7) is 3.19. The zero-order valence-corrected chi connectivity index (χ0v) is 12.0. The fraction of sp³-hybridized carbons (Fsp3) is 0.562. The monoisotopic (exact) mass is 277 g/mol. The van der Waals surface area contributed by atoms with Crippen LogP contribution in [0.2, 0.25) is 0 Å². The van der Waals surface area contributed by atoms with Gasteiger partial charge in [-0.2, -0.15) is 0 Å². The first kappa shape index (κ1) is 14.9. The van der Waals surface area contributed by atoms with Gasteiger partial charge in [0.1, 0.15) is 6.61 Å². The fourth-order valence-corrected chi connectivity index (χ4v) is 2.35. The number of rotatable bonds is 6. The molecule has 4 heteroatoms. The highest BCUT2D eigenvalue weighted by atomic mass is 16.5. The van der Waals surface area contributed by atoms with Crippen molar-refractivity contribution in [1.29, 1.82) is 0 Å². The average molecular weight is 277 g/mol. The van der Waals surface area contributed by atoms with Crippen LogP contribution in [0.15, 0.2) is 30.3 Å². The van der Waals surface area contributed by atoms with Crippen LogP contribution in [0.1, 0.15) is 38.2 Å². The van der Waals surface area contributed by atoms with Crippen LogP contribution < -0.4 is 5.32 Å². The van der Waals surface area contributed by atoms with Gasteiger partial charge in [0.2, 0.25) is 0 Å². The Balaban J connectivity index is 1.60. The Morgan fingerprint density at radius 2 is 2.25 bits per heavy atom. The standard InChI is InChI=1S/C16H23NO3/c1-13(9-10-15-8-5-11-19-15)17-16(18)20-12-14-6-3-2-4-7-14/h2-4,6-7,13,15H,5,8-12H2,1H3,(H,17,18)/t13-,15-/m1/s1. The number of alkyl carbamates (subject to hydrolysis) is 1. The normalized spacial score (nSPS) is 19.6. The van der Waals surface area contributed by atoms with Crippen LogP contribution in [0.25, 0.3) is 0 Å². The third-order valence-electron chi connectivity index (χ3n) is 3.52. The first-order chi connectivity index (χ1) is 9.74. The summed E-state index contributed by atoms with van der Waals surface area (Å²) < 4.78 is 10.8. The molecule has 0 aromatic heterocycles. The smallest absolute Gasteiger partial charge is 0.407 e. The van der Waals surface area contributed by atoms with Crippen LogP contribution in [-0.4, -0.2) is 24.8 Å². The van der Waals surface area contributed by atoms with E-state index in [1.165, 1.54) is 0 Å². The van der Waals surface area contributed by atoms with Crippen LogP contribution in [0.3, 0.4) is 0 Å². The first-order valence-corrected chi connectivity index (χ1v) is 7.33. The number of amides is 1. The third kappa shape index (κ3) is 5.21. The number of carbonyl (C=O) groups excluding carboxylic acids is 1. The number of hydrogen-bond donors (Lipinski definition) is 1. The Bertz CT molecular complexity index is 401. The van der Waals surface area contributed by atoms with Gasteiger partial charge in [0.15, 0.2) is 0 Å². The lowest BCUT2D eigenvalue weighted by molar-refractivity contribution is 0.0984. The second-order valence-corrected chi connectivity index (χ2v) is 5.32. The average Bonchev–Trinajstić information content (AvgIpc) is 2.97. The lowest BCUT2D eigenvalue weighted by Crippen LogP contribution is -2.33. The van der Waals surface area contributed by atoms with Crippen molar-refractivity contribution in [2.24, 2.45) is 0 Å². The zero-order valence-electron chi connectivity index (χ0n) is 12.0. The van der Waals surface area contributed by atoms with Crippen molar-refractivity contribution >= 4 is 6.09 Å². The van der Waals surface area contributed by atoms with Crippen molar-refractivity contribution in [2.75, 3.05) is 6.61 Å². The highest BCUT2D eigenvalue weighted by Crippen LogP contribution is 2.17. The predicted molar refractivity (Wildman–Crippen MR) is 77.4 cm³/mol. The molecule has 1 aromatic rings. The van der Waals surface area contributed by atoms with Gasteiger partial charge in [-0.05, 0) is 38.2 Å². The largest absolute Gasteiger partial charge is 0.445 e. The number of benzene rings is 1. The van der Waals surface area contributed by atoms with E-state index in [2.05, 4.69) is 5.32 Å². The molecule has 2 rings (SSSR count). The second-order valence-electron chi connectivity index (χ2n) is 5.32. The molecular formula is C16H23NO3. The molecule has 0 unspecified atom stereocenters. The predicted octanol–water partition coefficient (Wildman–Crippen LogP) is 3.26. The summed E-state index contributed by atoms with van der Waals surface area (Å²) in [5, 5.41) is 2.86. The first-order valence-electron chi connectivity index (χ1n) is 7.33. The summed E-state index contributed by atoms with van der Waals surface area (Å²) >= 11 is 0. The van der Waals surface area contributed by atoms with Gasteiger partial charge in [0.25, 0.3) is 0 Å². The van der Waals surface area contributed by atoms with E-state index in [0.29, 0.717) is 12.7 Å². The molecule has 0 saturated carbocycles. The summed E-state index contributed by atoms with van der Waals surface area (Å²) in [6.07, 6.45) is 4.25. The Labute approximate surface area is 120 Å². The van der Waals surface area contributed by atoms with Crippen molar-refractivity contribution in [1.82, 2.24) is 5.32 Å². The molecule has 0 radical (unpaired) electrons. The van der Waals surface area contributed by atoms with Crippen molar-refractivity contribution in [3.05, 3.63) is 35.9 Å². The Morgan fingerprint density at radius 1 is 1.45 bits per heavy atom. The van der Waals surface area contributed by atoms with Gasteiger partial charge in [0.05, 0.1) is 6.10 Å². The maximum absolute atomic E-state index is 11.7. The zero-order chi connectivity index (χ0) is 14.2. The van der Waals surface area contributed by atoms with Gasteiger partial charge >= 0.3 is 6.09 Å². The topological polar surface area (TPSA) is 47.6 Å². The summed E-state index contributed by atoms with van der Waals surface area (Å²) in [7, 11) is 0. The van der Waals surface area contributed by atoms with Crippen LogP contribution in [-0.2, 0) is 16.1 Å². The highest BCUT2D eigenvalue weighted by Gasteiger charge is 2.17. The fourth-order valence-electron chi connectivity index (χ4n) is 2.35. The van der Waals surface area contributed by atoms with Gasteiger partial charge < -0.3 is 14.8 Å². The van der Waals surface area contributed by atoms with Crippen molar-refractivity contribution in [3.63, 3.8) is 0 Å². The summed E-state index contributed by atoms with van der Waals surface area (Å²) in [5.74, 6) is 0. The van der Waals surface area contributed by atoms with Gasteiger partial charge in [-0.15, -0.1) is 0 Å². The Hall–Kier alpha value is -1.55. The van der Waals surface area contributed by atoms with E-state index < -0.39 is 0 Å². The quantitative estimate of drug-likeness (QED) is 0.868. The van der Waals surface area contributed by atoms with Gasteiger partial charge in [-0.25, -0.2) is 4.79 Å². The summed E-state index contributed by atoms with van der Waals surface area (Å²) in [5.41, 5.74) is 0.995. The van der Waals surface area contributed by atoms with Gasteiger partial charge in [-0.3, -0.25) is 0 Å². The van der Waals surface area contributed by atoms with Crippen LogP contribution in [0, 0.1) is 0 Å². The SMILES string of the molecule is C[C@H](CC[C@H]1CCCO1)NC(=O)OCc1ccccc1. The maximum Gasteiger partial charge on any atom is 0.407 e. The molecule has 20 heavy (non-hydrogen) atoms. The van der Waals surface area contributed by atoms with Crippen LogP contribution >= 0.6 is 0 Å². The van der Waals surface area contributed by atoms with E-state index in [9.17, 15) is 4.79 Å². The van der Waals surface area contributed by atoms with Crippen LogP contribution in [0.4, 0.5) is 4.79 Å². The highest BCUT2D eigenvalue weighted by molar-refractivity contribution is 5.67. The minimum Gasteiger partial charge on any atom is -0.445 e. The van der Waals surface area contributed by atoms with Crippen molar-refractivity contribution < 1.29 is 14.3 Å². The minimum atomic E-state index is -0.353. The lowest BCUT2D eigenvalue weighted by Gasteiger charge is -2.16. The molecule has 4 nitrogen and oxygen atoms in total. The molecule has 0 spiro atoms. The molecule has 1 heterocycles. The van der Waals surface area contributed by atoms with E-state index in [4.69, 9.17) is 9.47 Å². The molecule has 0 bridgehead atoms. The van der Waals surface area contributed by atoms with Crippen molar-refractivity contribution in [3.8, 4) is 0 Å². The molecule has 1 saturated heterocycles. The molecule has 1 aliphatic rings. The molecule has 110 valence electrons. The molecule has 1 amide bonds. The third-order valence-corrected chi connectivity index (χ3v) is 3.52. The molecule has 1 fully saturated rings. The van der Waals surface area contributed by atoms with E-state index in [0.717, 1.165) is 37.9 Å². The van der Waals surface area contributed by atoms with E-state index in [1.807, 2.05) is 37.3 Å². The maximum atomic E-state index is 11.7. The molecular weight excluding hydrogens is 254 g/mol. The van der Waals surface area contributed by atoms with Gasteiger partial charge in [-0.1, -0.05) is 30.3 Å². The molecule has 2 atom stereocenters. The summed E-state index contributed by atoms with van der Waals surface area (Å²) in [4.78, 5) is 11.7. The van der Waals surface area contributed by atoms with E-state index in [1.54, 1.807) is 0 Å². The lowest BCUT2D eigenvalue weighted by atomic mass is 10.1. The molecule has 1 aromatic carbocycles. The van der Waals surface area contributed by atoms with Crippen LogP contribution in [0.5, 0.6) is 0 Å². The number of nitrogens with one attached hydrogen (secondary N) is 1. The number of hydrogen-bond acceptors (Lipinski definition) is 3. The Morgan fingerprint density at radius 3 is 2.95 bits per heavy atom. The molecule has 1 aliphatic heterocycles. The number of carbonyl (C=O) groups is 1. The second kappa shape index (κ2) is 7.90. The number of ether oxygens (including phenoxy) is 2.